The molecule has 10 nitrogen and oxygen atoms in total. The monoisotopic (exact) mass is 574 g/mol. The molecule has 0 radical (unpaired) electrons. The van der Waals surface area contributed by atoms with Crippen LogP contribution in [0.2, 0.25) is 0 Å². The lowest BCUT2D eigenvalue weighted by Crippen LogP contribution is -2.15. The maximum Gasteiger partial charge on any atom is 0.343 e. The van der Waals surface area contributed by atoms with Gasteiger partial charge in [-0.15, -0.1) is 0 Å². The number of ketones is 2. The Kier molecular flexibility index (Phi) is 8.01. The van der Waals surface area contributed by atoms with E-state index in [-0.39, 0.29) is 11.1 Å². The third-order valence-electron chi connectivity index (χ3n) is 5.89. The van der Waals surface area contributed by atoms with E-state index in [4.69, 9.17) is 9.47 Å². The molecule has 0 saturated heterocycles. The van der Waals surface area contributed by atoms with Crippen LogP contribution in [0.15, 0.2) is 94.7 Å². The number of benzene rings is 4. The van der Waals surface area contributed by atoms with Crippen LogP contribution in [0, 0.1) is 0 Å². The van der Waals surface area contributed by atoms with E-state index in [0.717, 1.165) is 38.1 Å². The normalized spacial score (nSPS) is 11.0. The van der Waals surface area contributed by atoms with Crippen molar-refractivity contribution < 1.29 is 47.3 Å². The van der Waals surface area contributed by atoms with Crippen molar-refractivity contribution >= 4 is 33.3 Å². The van der Waals surface area contributed by atoms with Gasteiger partial charge < -0.3 is 19.7 Å². The lowest BCUT2D eigenvalue weighted by Gasteiger charge is -2.17. The van der Waals surface area contributed by atoms with Crippen molar-refractivity contribution in [1.29, 1.82) is 0 Å². The molecule has 0 amide bonds. The summed E-state index contributed by atoms with van der Waals surface area (Å²) in [5.41, 5.74) is -0.688. The van der Waals surface area contributed by atoms with E-state index < -0.39 is 77.3 Å². The summed E-state index contributed by atoms with van der Waals surface area (Å²) in [7, 11) is -4.88. The number of Topliss-reactive ketones (excluding diaryl/α,β-unsaturated/α-hetero) is 2. The molecule has 4 aromatic carbocycles. The van der Waals surface area contributed by atoms with Gasteiger partial charge in [0.05, 0.1) is 22.3 Å². The van der Waals surface area contributed by atoms with Gasteiger partial charge in [-0.2, -0.15) is 0 Å². The SMILES string of the molecule is CC(=O)c1cc(S(=O)(=O)c2cc(C(C)=O)c(O)cc2OC(=O)c2ccccc2)c(OC(=O)c2ccccc2)cc1O. The molecule has 0 spiro atoms. The first kappa shape index (κ1) is 28.7. The molecule has 11 heteroatoms. The van der Waals surface area contributed by atoms with E-state index in [0.29, 0.717) is 0 Å². The van der Waals surface area contributed by atoms with Crippen molar-refractivity contribution in [3.63, 3.8) is 0 Å². The Morgan fingerprint density at radius 3 is 1.24 bits per heavy atom. The van der Waals surface area contributed by atoms with Gasteiger partial charge in [-0.05, 0) is 50.2 Å². The quantitative estimate of drug-likeness (QED) is 0.170. The standard InChI is InChI=1S/C30H22O10S/c1-17(31)21-13-27(25(15-23(21)33)39-29(35)19-9-5-3-6-10-19)41(37,38)28-14-22(18(2)32)24(34)16-26(28)40-30(36)20-11-7-4-8-12-20/h3-16,33-34H,1-2H3. The average Bonchev–Trinajstić information content (AvgIpc) is 2.93. The van der Waals surface area contributed by atoms with Gasteiger partial charge in [0.2, 0.25) is 9.84 Å². The second-order valence-electron chi connectivity index (χ2n) is 8.76. The number of hydrogen-bond acceptors (Lipinski definition) is 10. The largest absolute Gasteiger partial charge is 0.507 e. The molecule has 0 fully saturated rings. The number of esters is 2. The molecule has 208 valence electrons. The fourth-order valence-electron chi connectivity index (χ4n) is 3.83. The first-order chi connectivity index (χ1) is 19.4. The topological polar surface area (TPSA) is 161 Å². The number of ether oxygens (including phenoxy) is 2. The smallest absolute Gasteiger partial charge is 0.343 e. The lowest BCUT2D eigenvalue weighted by atomic mass is 10.1. The van der Waals surface area contributed by atoms with Gasteiger partial charge >= 0.3 is 11.9 Å². The molecule has 0 aliphatic heterocycles. The van der Waals surface area contributed by atoms with Gasteiger partial charge in [-0.1, -0.05) is 36.4 Å². The predicted octanol–water partition coefficient (Wildman–Crippen LogP) is 4.77. The number of sulfone groups is 1. The molecule has 0 unspecified atom stereocenters. The zero-order chi connectivity index (χ0) is 29.9. The Bertz CT molecular complexity index is 1670. The maximum atomic E-state index is 14.1. The van der Waals surface area contributed by atoms with Crippen LogP contribution in [0.5, 0.6) is 23.0 Å². The molecule has 41 heavy (non-hydrogen) atoms. The summed E-state index contributed by atoms with van der Waals surface area (Å²) in [5.74, 6) is -5.93. The van der Waals surface area contributed by atoms with Crippen molar-refractivity contribution in [2.45, 2.75) is 23.6 Å². The summed E-state index contributed by atoms with van der Waals surface area (Å²) in [6.07, 6.45) is 0. The fraction of sp³-hybridized carbons (Fsp3) is 0.0667. The first-order valence-corrected chi connectivity index (χ1v) is 13.4. The van der Waals surface area contributed by atoms with Crippen molar-refractivity contribution in [1.82, 2.24) is 0 Å². The zero-order valence-electron chi connectivity index (χ0n) is 21.7. The second-order valence-corrected chi connectivity index (χ2v) is 10.6. The van der Waals surface area contributed by atoms with E-state index >= 15 is 0 Å². The second kappa shape index (κ2) is 11.4. The van der Waals surface area contributed by atoms with E-state index in [9.17, 15) is 37.8 Å². The van der Waals surface area contributed by atoms with Crippen LogP contribution in [0.3, 0.4) is 0 Å². The summed E-state index contributed by atoms with van der Waals surface area (Å²) in [6, 6.07) is 18.4. The Labute approximate surface area is 234 Å². The number of phenolic OH excluding ortho intramolecular Hbond substituents is 2. The molecule has 0 aromatic heterocycles. The van der Waals surface area contributed by atoms with Crippen molar-refractivity contribution in [3.05, 3.63) is 107 Å². The first-order valence-electron chi connectivity index (χ1n) is 12.0. The summed E-state index contributed by atoms with van der Waals surface area (Å²) in [6.45, 7) is 2.17. The van der Waals surface area contributed by atoms with Crippen LogP contribution < -0.4 is 9.47 Å². The highest BCUT2D eigenvalue weighted by molar-refractivity contribution is 7.91. The molecule has 0 bridgehead atoms. The Morgan fingerprint density at radius 1 is 0.585 bits per heavy atom. The minimum absolute atomic E-state index is 0.0620. The van der Waals surface area contributed by atoms with E-state index in [1.807, 2.05) is 0 Å². The number of phenols is 2. The van der Waals surface area contributed by atoms with Gasteiger partial charge in [0.1, 0.15) is 21.3 Å². The Morgan fingerprint density at radius 2 is 0.927 bits per heavy atom. The van der Waals surface area contributed by atoms with Crippen molar-refractivity contribution in [2.75, 3.05) is 0 Å². The average molecular weight is 575 g/mol. The van der Waals surface area contributed by atoms with Gasteiger partial charge in [0.15, 0.2) is 23.1 Å². The highest BCUT2D eigenvalue weighted by Gasteiger charge is 2.32. The number of rotatable bonds is 8. The highest BCUT2D eigenvalue weighted by Crippen LogP contribution is 2.41. The molecule has 0 aliphatic carbocycles. The van der Waals surface area contributed by atoms with Crippen LogP contribution in [0.4, 0.5) is 0 Å². The third-order valence-corrected chi connectivity index (χ3v) is 7.68. The number of hydrogen-bond donors (Lipinski definition) is 2. The van der Waals surface area contributed by atoms with Crippen molar-refractivity contribution in [3.8, 4) is 23.0 Å². The van der Waals surface area contributed by atoms with Gasteiger partial charge in [0.25, 0.3) is 0 Å². The Balaban J connectivity index is 1.93. The van der Waals surface area contributed by atoms with Crippen LogP contribution in [0.1, 0.15) is 55.3 Å². The van der Waals surface area contributed by atoms with Gasteiger partial charge in [-0.25, -0.2) is 18.0 Å². The van der Waals surface area contributed by atoms with Crippen molar-refractivity contribution in [2.24, 2.45) is 0 Å². The lowest BCUT2D eigenvalue weighted by molar-refractivity contribution is 0.0721. The van der Waals surface area contributed by atoms with E-state index in [2.05, 4.69) is 0 Å². The molecular weight excluding hydrogens is 552 g/mol. The minimum atomic E-state index is -4.88. The summed E-state index contributed by atoms with van der Waals surface area (Å²) < 4.78 is 38.9. The van der Waals surface area contributed by atoms with Crippen LogP contribution >= 0.6 is 0 Å². The van der Waals surface area contributed by atoms with Crippen LogP contribution in [0.25, 0.3) is 0 Å². The number of carbonyl (C=O) groups excluding carboxylic acids is 4. The van der Waals surface area contributed by atoms with Crippen LogP contribution in [-0.4, -0.2) is 42.1 Å². The minimum Gasteiger partial charge on any atom is -0.507 e. The van der Waals surface area contributed by atoms with Crippen LogP contribution in [-0.2, 0) is 9.84 Å². The fourth-order valence-corrected chi connectivity index (χ4v) is 5.34. The molecule has 4 rings (SSSR count). The zero-order valence-corrected chi connectivity index (χ0v) is 22.5. The number of carbonyl (C=O) groups is 4. The molecule has 0 atom stereocenters. The third kappa shape index (κ3) is 5.99. The molecular formula is C30H22O10S. The summed E-state index contributed by atoms with van der Waals surface area (Å²) >= 11 is 0. The molecule has 4 aromatic rings. The number of aromatic hydroxyl groups is 2. The highest BCUT2D eigenvalue weighted by atomic mass is 32.2. The van der Waals surface area contributed by atoms with Gasteiger partial charge in [0, 0.05) is 12.1 Å². The summed E-state index contributed by atoms with van der Waals surface area (Å²) in [4.78, 5) is 48.5. The molecule has 2 N–H and O–H groups in total. The molecule has 0 heterocycles. The summed E-state index contributed by atoms with van der Waals surface area (Å²) in [5, 5.41) is 20.8. The van der Waals surface area contributed by atoms with E-state index in [1.54, 1.807) is 36.4 Å². The molecule has 0 saturated carbocycles. The predicted molar refractivity (Wildman–Crippen MR) is 144 cm³/mol. The maximum absolute atomic E-state index is 14.1. The Hall–Kier alpha value is -5.29. The van der Waals surface area contributed by atoms with Gasteiger partial charge in [-0.3, -0.25) is 9.59 Å². The molecule has 0 aliphatic rings. The van der Waals surface area contributed by atoms with E-state index in [1.165, 1.54) is 24.3 Å².